The molecule has 1 atom stereocenters. The summed E-state index contributed by atoms with van der Waals surface area (Å²) in [7, 11) is 1.97. The van der Waals surface area contributed by atoms with Gasteiger partial charge in [0.2, 0.25) is 0 Å². The average Bonchev–Trinajstić information content (AvgIpc) is 2.04. The van der Waals surface area contributed by atoms with Gasteiger partial charge < -0.3 is 5.32 Å². The maximum atomic E-state index is 4.32. The quantitative estimate of drug-likeness (QED) is 0.606. The average molecular weight is 163 g/mol. The Morgan fingerprint density at radius 3 is 2.20 bits per heavy atom. The van der Waals surface area contributed by atoms with Crippen molar-refractivity contribution in [2.24, 2.45) is 0 Å². The standard InChI is InChI=1S/C6H15NS.C2H6/c1-3-6(8)4-5-7-2;1-2/h6-8H,3-5H2,1-2H3;1-2H3. The number of hydrogen-bond acceptors (Lipinski definition) is 2. The lowest BCUT2D eigenvalue weighted by molar-refractivity contribution is 0.683. The number of rotatable bonds is 4. The van der Waals surface area contributed by atoms with Crippen molar-refractivity contribution in [3.63, 3.8) is 0 Å². The van der Waals surface area contributed by atoms with Crippen molar-refractivity contribution < 1.29 is 0 Å². The Morgan fingerprint density at radius 1 is 1.40 bits per heavy atom. The van der Waals surface area contributed by atoms with Gasteiger partial charge in [0.1, 0.15) is 0 Å². The second-order valence-electron chi connectivity index (χ2n) is 1.95. The molecule has 0 saturated heterocycles. The maximum absolute atomic E-state index is 4.32. The molecule has 0 radical (unpaired) electrons. The zero-order valence-corrected chi connectivity index (χ0v) is 8.54. The summed E-state index contributed by atoms with van der Waals surface area (Å²) in [5.74, 6) is 0. The van der Waals surface area contributed by atoms with Crippen molar-refractivity contribution in [2.75, 3.05) is 13.6 Å². The Labute approximate surface area is 71.0 Å². The molecular weight excluding hydrogens is 142 g/mol. The van der Waals surface area contributed by atoms with Crippen molar-refractivity contribution in [1.29, 1.82) is 0 Å². The van der Waals surface area contributed by atoms with Crippen LogP contribution in [0.15, 0.2) is 0 Å². The van der Waals surface area contributed by atoms with Gasteiger partial charge in [-0.2, -0.15) is 12.6 Å². The third kappa shape index (κ3) is 11.2. The van der Waals surface area contributed by atoms with E-state index in [9.17, 15) is 0 Å². The van der Waals surface area contributed by atoms with Gasteiger partial charge in [0.05, 0.1) is 0 Å². The highest BCUT2D eigenvalue weighted by Crippen LogP contribution is 2.03. The molecule has 0 aliphatic rings. The van der Waals surface area contributed by atoms with Crippen LogP contribution in [0.25, 0.3) is 0 Å². The summed E-state index contributed by atoms with van der Waals surface area (Å²) in [4.78, 5) is 0. The van der Waals surface area contributed by atoms with E-state index in [1.165, 1.54) is 12.8 Å². The third-order valence-corrected chi connectivity index (χ3v) is 1.82. The summed E-state index contributed by atoms with van der Waals surface area (Å²) in [6, 6.07) is 0. The van der Waals surface area contributed by atoms with Gasteiger partial charge in [-0.15, -0.1) is 0 Å². The summed E-state index contributed by atoms with van der Waals surface area (Å²) in [5.41, 5.74) is 0. The summed E-state index contributed by atoms with van der Waals surface area (Å²) < 4.78 is 0. The molecule has 64 valence electrons. The zero-order chi connectivity index (χ0) is 8.41. The molecule has 0 aromatic rings. The second-order valence-corrected chi connectivity index (χ2v) is 2.68. The second kappa shape index (κ2) is 12.0. The molecule has 0 aromatic carbocycles. The molecule has 0 saturated carbocycles. The highest BCUT2D eigenvalue weighted by Gasteiger charge is 1.95. The fourth-order valence-electron chi connectivity index (χ4n) is 0.515. The van der Waals surface area contributed by atoms with E-state index in [-0.39, 0.29) is 0 Å². The predicted octanol–water partition coefficient (Wildman–Crippen LogP) is 2.33. The first-order chi connectivity index (χ1) is 4.81. The Hall–Kier alpha value is 0.310. The van der Waals surface area contributed by atoms with Crippen LogP contribution in [0, 0.1) is 0 Å². The van der Waals surface area contributed by atoms with Crippen molar-refractivity contribution in [3.8, 4) is 0 Å². The van der Waals surface area contributed by atoms with E-state index in [4.69, 9.17) is 0 Å². The maximum Gasteiger partial charge on any atom is 0.00262 e. The Bertz CT molecular complexity index is 48.5. The van der Waals surface area contributed by atoms with Crippen molar-refractivity contribution in [3.05, 3.63) is 0 Å². The summed E-state index contributed by atoms with van der Waals surface area (Å²) >= 11 is 4.32. The van der Waals surface area contributed by atoms with Gasteiger partial charge in [0, 0.05) is 5.25 Å². The lowest BCUT2D eigenvalue weighted by atomic mass is 10.2. The van der Waals surface area contributed by atoms with Crippen LogP contribution < -0.4 is 5.32 Å². The molecule has 0 aromatic heterocycles. The molecule has 1 N–H and O–H groups in total. The van der Waals surface area contributed by atoms with Gasteiger partial charge in [-0.3, -0.25) is 0 Å². The molecule has 0 bridgehead atoms. The first-order valence-corrected chi connectivity index (χ1v) is 4.65. The minimum atomic E-state index is 0.586. The van der Waals surface area contributed by atoms with Crippen LogP contribution in [0.5, 0.6) is 0 Å². The van der Waals surface area contributed by atoms with Crippen LogP contribution in [0.4, 0.5) is 0 Å². The van der Waals surface area contributed by atoms with E-state index in [1.54, 1.807) is 0 Å². The van der Waals surface area contributed by atoms with E-state index in [2.05, 4.69) is 24.9 Å². The molecular formula is C8H21NS. The van der Waals surface area contributed by atoms with Crippen LogP contribution in [-0.4, -0.2) is 18.8 Å². The minimum absolute atomic E-state index is 0.586. The summed E-state index contributed by atoms with van der Waals surface area (Å²) in [6.07, 6.45) is 2.35. The van der Waals surface area contributed by atoms with Crippen molar-refractivity contribution in [2.45, 2.75) is 38.9 Å². The lowest BCUT2D eigenvalue weighted by Crippen LogP contribution is -2.12. The Balaban J connectivity index is 0. The topological polar surface area (TPSA) is 12.0 Å². The van der Waals surface area contributed by atoms with E-state index in [0.717, 1.165) is 6.54 Å². The van der Waals surface area contributed by atoms with Crippen LogP contribution in [0.1, 0.15) is 33.6 Å². The predicted molar refractivity (Wildman–Crippen MR) is 53.0 cm³/mol. The number of hydrogen-bond donors (Lipinski definition) is 2. The zero-order valence-electron chi connectivity index (χ0n) is 7.65. The van der Waals surface area contributed by atoms with Crippen molar-refractivity contribution in [1.82, 2.24) is 5.32 Å². The highest BCUT2D eigenvalue weighted by atomic mass is 32.1. The normalized spacial score (nSPS) is 11.7. The molecule has 1 unspecified atom stereocenters. The number of thiol groups is 1. The van der Waals surface area contributed by atoms with E-state index >= 15 is 0 Å². The van der Waals surface area contributed by atoms with E-state index in [1.807, 2.05) is 20.9 Å². The molecule has 10 heavy (non-hydrogen) atoms. The summed E-state index contributed by atoms with van der Waals surface area (Å²) in [5, 5.41) is 3.67. The molecule has 1 nitrogen and oxygen atoms in total. The van der Waals surface area contributed by atoms with Gasteiger partial charge >= 0.3 is 0 Å². The number of nitrogens with one attached hydrogen (secondary N) is 1. The molecule has 0 fully saturated rings. The third-order valence-electron chi connectivity index (χ3n) is 1.20. The van der Waals surface area contributed by atoms with Crippen LogP contribution in [-0.2, 0) is 0 Å². The molecule has 0 aliphatic carbocycles. The molecule has 0 rings (SSSR count). The van der Waals surface area contributed by atoms with Gasteiger partial charge in [-0.1, -0.05) is 20.8 Å². The van der Waals surface area contributed by atoms with E-state index in [0.29, 0.717) is 5.25 Å². The smallest absolute Gasteiger partial charge is 0.00262 e. The SMILES string of the molecule is CC.CCC(S)CCNC. The monoisotopic (exact) mass is 163 g/mol. The summed E-state index contributed by atoms with van der Waals surface area (Å²) in [6.45, 7) is 7.25. The minimum Gasteiger partial charge on any atom is -0.320 e. The first-order valence-electron chi connectivity index (χ1n) is 4.14. The lowest BCUT2D eigenvalue weighted by Gasteiger charge is -2.04. The Kier molecular flexibility index (Phi) is 15.6. The molecule has 0 spiro atoms. The van der Waals surface area contributed by atoms with E-state index < -0.39 is 0 Å². The molecule has 2 heteroatoms. The van der Waals surface area contributed by atoms with Gasteiger partial charge in [-0.25, -0.2) is 0 Å². The fraction of sp³-hybridized carbons (Fsp3) is 1.00. The van der Waals surface area contributed by atoms with Crippen LogP contribution >= 0.6 is 12.6 Å². The Morgan fingerprint density at radius 2 is 1.90 bits per heavy atom. The fourth-order valence-corrected chi connectivity index (χ4v) is 0.644. The largest absolute Gasteiger partial charge is 0.320 e. The van der Waals surface area contributed by atoms with Crippen LogP contribution in [0.3, 0.4) is 0 Å². The van der Waals surface area contributed by atoms with Gasteiger partial charge in [0.15, 0.2) is 0 Å². The molecule has 0 aliphatic heterocycles. The highest BCUT2D eigenvalue weighted by molar-refractivity contribution is 7.80. The van der Waals surface area contributed by atoms with Crippen LogP contribution in [0.2, 0.25) is 0 Å². The first kappa shape index (κ1) is 12.9. The van der Waals surface area contributed by atoms with Crippen molar-refractivity contribution >= 4 is 12.6 Å². The van der Waals surface area contributed by atoms with Gasteiger partial charge in [0.25, 0.3) is 0 Å². The molecule has 0 amide bonds. The molecule has 0 heterocycles. The van der Waals surface area contributed by atoms with Gasteiger partial charge in [-0.05, 0) is 26.4 Å².